The predicted molar refractivity (Wildman–Crippen MR) is 99.8 cm³/mol. The first kappa shape index (κ1) is 17.0. The Bertz CT molecular complexity index is 891. The lowest BCUT2D eigenvalue weighted by molar-refractivity contribution is -0.124. The predicted octanol–water partition coefficient (Wildman–Crippen LogP) is 3.76. The van der Waals surface area contributed by atoms with Gasteiger partial charge in [-0.15, -0.1) is 0 Å². The second-order valence-corrected chi connectivity index (χ2v) is 5.99. The van der Waals surface area contributed by atoms with Crippen LogP contribution in [0.25, 0.3) is 10.8 Å². The molecule has 3 aromatic carbocycles. The average Bonchev–Trinajstić information content (AvgIpc) is 2.66. The molecule has 128 valence electrons. The van der Waals surface area contributed by atoms with Gasteiger partial charge in [0.05, 0.1) is 6.61 Å². The zero-order valence-electron chi connectivity index (χ0n) is 14.3. The molecule has 0 saturated heterocycles. The van der Waals surface area contributed by atoms with E-state index in [1.54, 1.807) is 43.1 Å². The number of carbonyl (C=O) groups is 1. The number of rotatable bonds is 5. The van der Waals surface area contributed by atoms with Gasteiger partial charge in [0.25, 0.3) is 5.91 Å². The molecule has 4 heteroatoms. The number of hydrogen-bond donors (Lipinski definition) is 1. The number of aliphatic hydroxyl groups is 1. The minimum absolute atomic E-state index is 0.0590. The van der Waals surface area contributed by atoms with E-state index in [2.05, 4.69) is 0 Å². The molecule has 1 atom stereocenters. The fourth-order valence-corrected chi connectivity index (χ4v) is 2.76. The van der Waals surface area contributed by atoms with E-state index in [1.807, 2.05) is 42.5 Å². The van der Waals surface area contributed by atoms with Crippen LogP contribution in [-0.2, 0) is 11.4 Å². The minimum Gasteiger partial charge on any atom is -0.481 e. The third-order valence-electron chi connectivity index (χ3n) is 4.19. The average molecular weight is 335 g/mol. The molecule has 0 heterocycles. The van der Waals surface area contributed by atoms with Crippen molar-refractivity contribution in [1.29, 1.82) is 0 Å². The summed E-state index contributed by atoms with van der Waals surface area (Å²) in [5.41, 5.74) is 1.57. The molecule has 4 nitrogen and oxygen atoms in total. The molecule has 0 aliphatic carbocycles. The molecule has 25 heavy (non-hydrogen) atoms. The van der Waals surface area contributed by atoms with Gasteiger partial charge in [0, 0.05) is 12.7 Å². The van der Waals surface area contributed by atoms with E-state index in [0.717, 1.165) is 22.0 Å². The van der Waals surface area contributed by atoms with E-state index in [1.165, 1.54) is 0 Å². The molecule has 3 rings (SSSR count). The first-order chi connectivity index (χ1) is 12.1. The topological polar surface area (TPSA) is 49.8 Å². The third kappa shape index (κ3) is 3.80. The van der Waals surface area contributed by atoms with Crippen LogP contribution < -0.4 is 9.64 Å². The number of benzene rings is 3. The number of ether oxygens (including phenoxy) is 1. The van der Waals surface area contributed by atoms with Crippen molar-refractivity contribution in [1.82, 2.24) is 0 Å². The Kier molecular flexibility index (Phi) is 5.00. The lowest BCUT2D eigenvalue weighted by atomic mass is 10.1. The first-order valence-electron chi connectivity index (χ1n) is 8.21. The van der Waals surface area contributed by atoms with Crippen molar-refractivity contribution in [3.63, 3.8) is 0 Å². The molecule has 1 N–H and O–H groups in total. The summed E-state index contributed by atoms with van der Waals surface area (Å²) in [4.78, 5) is 14.3. The molecule has 0 spiro atoms. The molecule has 0 saturated carbocycles. The molecule has 1 amide bonds. The van der Waals surface area contributed by atoms with Gasteiger partial charge in [-0.05, 0) is 47.5 Å². The summed E-state index contributed by atoms with van der Waals surface area (Å²) in [6.07, 6.45) is -0.634. The van der Waals surface area contributed by atoms with Gasteiger partial charge in [-0.25, -0.2) is 0 Å². The third-order valence-corrected chi connectivity index (χ3v) is 4.19. The van der Waals surface area contributed by atoms with Gasteiger partial charge in [0.2, 0.25) is 0 Å². The molecule has 0 bridgehead atoms. The number of likely N-dealkylation sites (N-methyl/N-ethyl adjacent to an activating group) is 1. The quantitative estimate of drug-likeness (QED) is 0.772. The zero-order valence-corrected chi connectivity index (χ0v) is 14.3. The highest BCUT2D eigenvalue weighted by molar-refractivity contribution is 5.98. The van der Waals surface area contributed by atoms with Crippen molar-refractivity contribution in [3.05, 3.63) is 72.3 Å². The molecule has 0 fully saturated rings. The van der Waals surface area contributed by atoms with Gasteiger partial charge in [-0.1, -0.05) is 42.5 Å². The Morgan fingerprint density at radius 2 is 1.80 bits per heavy atom. The van der Waals surface area contributed by atoms with Crippen LogP contribution >= 0.6 is 0 Å². The van der Waals surface area contributed by atoms with Gasteiger partial charge in [0.1, 0.15) is 5.75 Å². The SMILES string of the molecule is CC(Oc1cccc(CO)c1)C(=O)N(C)c1ccc2ccccc2c1. The Hall–Kier alpha value is -2.85. The summed E-state index contributed by atoms with van der Waals surface area (Å²) in [5, 5.41) is 11.4. The molecule has 3 aromatic rings. The van der Waals surface area contributed by atoms with Crippen LogP contribution in [0.15, 0.2) is 66.7 Å². The molecular formula is C21H21NO3. The second kappa shape index (κ2) is 7.36. The van der Waals surface area contributed by atoms with Crippen LogP contribution in [0.4, 0.5) is 5.69 Å². The van der Waals surface area contributed by atoms with Crippen molar-refractivity contribution in [2.45, 2.75) is 19.6 Å². The fraction of sp³-hybridized carbons (Fsp3) is 0.190. The zero-order chi connectivity index (χ0) is 17.8. The lowest BCUT2D eigenvalue weighted by Crippen LogP contribution is -2.38. The Labute approximate surface area is 147 Å². The van der Waals surface area contributed by atoms with Crippen molar-refractivity contribution >= 4 is 22.4 Å². The van der Waals surface area contributed by atoms with E-state index in [4.69, 9.17) is 4.74 Å². The summed E-state index contributed by atoms with van der Waals surface area (Å²) < 4.78 is 5.75. The maximum Gasteiger partial charge on any atom is 0.267 e. The van der Waals surface area contributed by atoms with Crippen LogP contribution in [0.1, 0.15) is 12.5 Å². The summed E-state index contributed by atoms with van der Waals surface area (Å²) in [6, 6.07) is 21.1. The summed E-state index contributed by atoms with van der Waals surface area (Å²) >= 11 is 0. The van der Waals surface area contributed by atoms with E-state index < -0.39 is 6.10 Å². The minimum atomic E-state index is -0.634. The molecule has 0 aromatic heterocycles. The number of nitrogens with zero attached hydrogens (tertiary/aromatic N) is 1. The highest BCUT2D eigenvalue weighted by Gasteiger charge is 2.20. The van der Waals surface area contributed by atoms with Crippen LogP contribution in [0, 0.1) is 0 Å². The van der Waals surface area contributed by atoms with Crippen molar-refractivity contribution < 1.29 is 14.6 Å². The van der Waals surface area contributed by atoms with Gasteiger partial charge in [-0.3, -0.25) is 4.79 Å². The van der Waals surface area contributed by atoms with Crippen LogP contribution in [0.5, 0.6) is 5.75 Å². The highest BCUT2D eigenvalue weighted by atomic mass is 16.5. The summed E-state index contributed by atoms with van der Waals surface area (Å²) in [7, 11) is 1.75. The molecule has 0 aliphatic rings. The van der Waals surface area contributed by atoms with Gasteiger partial charge < -0.3 is 14.7 Å². The number of amides is 1. The number of anilines is 1. The van der Waals surface area contributed by atoms with Crippen molar-refractivity contribution in [3.8, 4) is 5.75 Å². The highest BCUT2D eigenvalue weighted by Crippen LogP contribution is 2.23. The summed E-state index contributed by atoms with van der Waals surface area (Å²) in [5.74, 6) is 0.434. The van der Waals surface area contributed by atoms with Crippen LogP contribution in [-0.4, -0.2) is 24.2 Å². The molecule has 0 radical (unpaired) electrons. The number of carbonyl (C=O) groups excluding carboxylic acids is 1. The second-order valence-electron chi connectivity index (χ2n) is 5.99. The lowest BCUT2D eigenvalue weighted by Gasteiger charge is -2.22. The van der Waals surface area contributed by atoms with E-state index in [9.17, 15) is 9.90 Å². The number of hydrogen-bond acceptors (Lipinski definition) is 3. The van der Waals surface area contributed by atoms with Crippen LogP contribution in [0.3, 0.4) is 0 Å². The largest absolute Gasteiger partial charge is 0.481 e. The number of fused-ring (bicyclic) bond motifs is 1. The maximum atomic E-state index is 12.7. The standard InChI is InChI=1S/C21H21NO3/c1-15(25-20-9-5-6-16(12-20)14-23)21(24)22(2)19-11-10-17-7-3-4-8-18(17)13-19/h3-13,15,23H,14H2,1-2H3. The molecule has 0 aliphatic heterocycles. The molecule has 1 unspecified atom stereocenters. The number of aliphatic hydroxyl groups excluding tert-OH is 1. The van der Waals surface area contributed by atoms with Gasteiger partial charge in [0.15, 0.2) is 6.10 Å². The monoisotopic (exact) mass is 335 g/mol. The maximum absolute atomic E-state index is 12.7. The van der Waals surface area contributed by atoms with Crippen LogP contribution in [0.2, 0.25) is 0 Å². The fourth-order valence-electron chi connectivity index (χ4n) is 2.76. The Morgan fingerprint density at radius 1 is 1.04 bits per heavy atom. The molecular weight excluding hydrogens is 314 g/mol. The van der Waals surface area contributed by atoms with Crippen molar-refractivity contribution in [2.24, 2.45) is 0 Å². The van der Waals surface area contributed by atoms with E-state index in [-0.39, 0.29) is 12.5 Å². The van der Waals surface area contributed by atoms with Gasteiger partial charge in [-0.2, -0.15) is 0 Å². The van der Waals surface area contributed by atoms with E-state index >= 15 is 0 Å². The first-order valence-corrected chi connectivity index (χ1v) is 8.21. The Balaban J connectivity index is 1.75. The normalized spacial score (nSPS) is 12.0. The Morgan fingerprint density at radius 3 is 2.56 bits per heavy atom. The van der Waals surface area contributed by atoms with E-state index in [0.29, 0.717) is 5.75 Å². The van der Waals surface area contributed by atoms with Gasteiger partial charge >= 0.3 is 0 Å². The smallest absolute Gasteiger partial charge is 0.267 e. The summed E-state index contributed by atoms with van der Waals surface area (Å²) in [6.45, 7) is 1.67. The van der Waals surface area contributed by atoms with Crippen molar-refractivity contribution in [2.75, 3.05) is 11.9 Å².